The van der Waals surface area contributed by atoms with Crippen molar-refractivity contribution in [3.05, 3.63) is 59.6 Å². The molecule has 0 aliphatic carbocycles. The molecule has 24 heavy (non-hydrogen) atoms. The Hall–Kier alpha value is -2.87. The van der Waals surface area contributed by atoms with Crippen LogP contribution in [0.4, 0.5) is 5.69 Å². The van der Waals surface area contributed by atoms with E-state index in [4.69, 9.17) is 4.42 Å². The van der Waals surface area contributed by atoms with E-state index >= 15 is 0 Å². The van der Waals surface area contributed by atoms with Crippen LogP contribution in [-0.4, -0.2) is 33.5 Å². The van der Waals surface area contributed by atoms with E-state index in [-0.39, 0.29) is 11.5 Å². The minimum Gasteiger partial charge on any atom is -0.463 e. The highest BCUT2D eigenvalue weighted by molar-refractivity contribution is 7.92. The summed E-state index contributed by atoms with van der Waals surface area (Å²) in [6.07, 6.45) is 3.76. The van der Waals surface area contributed by atoms with Crippen molar-refractivity contribution in [3.8, 4) is 0 Å². The Morgan fingerprint density at radius 1 is 1.12 bits per heavy atom. The summed E-state index contributed by atoms with van der Waals surface area (Å²) in [7, 11) is -2.12. The van der Waals surface area contributed by atoms with Crippen molar-refractivity contribution in [2.75, 3.05) is 18.1 Å². The molecule has 1 heterocycles. The largest absolute Gasteiger partial charge is 0.463 e. The number of carbonyl (C=O) groups excluding carboxylic acids is 2. The van der Waals surface area contributed by atoms with Gasteiger partial charge in [-0.25, -0.2) is 13.2 Å². The van der Waals surface area contributed by atoms with Gasteiger partial charge in [0.25, 0.3) is 0 Å². The van der Waals surface area contributed by atoms with Crippen LogP contribution in [0.1, 0.15) is 26.7 Å². The summed E-state index contributed by atoms with van der Waals surface area (Å²) in [4.78, 5) is 23.3. The van der Waals surface area contributed by atoms with Crippen molar-refractivity contribution in [2.45, 2.75) is 0 Å². The first kappa shape index (κ1) is 17.5. The van der Waals surface area contributed by atoms with Gasteiger partial charge in [0.15, 0.2) is 5.78 Å². The van der Waals surface area contributed by atoms with Gasteiger partial charge in [-0.2, -0.15) is 0 Å². The molecule has 0 saturated heterocycles. The van der Waals surface area contributed by atoms with Crippen LogP contribution in [0.5, 0.6) is 0 Å². The highest BCUT2D eigenvalue weighted by atomic mass is 32.2. The van der Waals surface area contributed by atoms with E-state index in [9.17, 15) is 18.0 Å². The zero-order chi connectivity index (χ0) is 17.7. The van der Waals surface area contributed by atoms with Crippen LogP contribution in [0.3, 0.4) is 0 Å². The Kier molecular flexibility index (Phi) is 5.20. The van der Waals surface area contributed by atoms with Gasteiger partial charge >= 0.3 is 5.97 Å². The molecule has 1 N–H and O–H groups in total. The van der Waals surface area contributed by atoms with Crippen LogP contribution in [0.15, 0.2) is 46.9 Å². The first-order valence-electron chi connectivity index (χ1n) is 6.77. The van der Waals surface area contributed by atoms with E-state index in [0.29, 0.717) is 17.0 Å². The number of esters is 1. The minimum absolute atomic E-state index is 0.0424. The lowest BCUT2D eigenvalue weighted by molar-refractivity contribution is 0.0564. The fourth-order valence-corrected chi connectivity index (χ4v) is 2.39. The summed E-state index contributed by atoms with van der Waals surface area (Å²) in [5.74, 6) is -0.522. The molecule has 2 aromatic rings. The molecule has 0 saturated carbocycles. The maximum absolute atomic E-state index is 12.1. The van der Waals surface area contributed by atoms with E-state index < -0.39 is 16.0 Å². The zero-order valence-electron chi connectivity index (χ0n) is 13.0. The summed E-state index contributed by atoms with van der Waals surface area (Å²) in [6, 6.07) is 8.97. The zero-order valence-corrected chi connectivity index (χ0v) is 13.8. The average Bonchev–Trinajstić information content (AvgIpc) is 3.00. The predicted molar refractivity (Wildman–Crippen MR) is 88.3 cm³/mol. The number of allylic oxidation sites excluding steroid dienone is 1. The second kappa shape index (κ2) is 7.14. The third-order valence-electron chi connectivity index (χ3n) is 2.89. The molecule has 7 nitrogen and oxygen atoms in total. The van der Waals surface area contributed by atoms with Crippen molar-refractivity contribution in [1.29, 1.82) is 0 Å². The number of methoxy groups -OCH3 is 1. The first-order valence-corrected chi connectivity index (χ1v) is 8.66. The van der Waals surface area contributed by atoms with E-state index in [1.54, 1.807) is 0 Å². The summed E-state index contributed by atoms with van der Waals surface area (Å²) >= 11 is 0. The quantitative estimate of drug-likeness (QED) is 0.488. The molecule has 2 rings (SSSR count). The number of rotatable bonds is 6. The molecule has 0 unspecified atom stereocenters. The van der Waals surface area contributed by atoms with Crippen molar-refractivity contribution in [1.82, 2.24) is 0 Å². The maximum atomic E-state index is 12.1. The summed E-state index contributed by atoms with van der Waals surface area (Å²) in [5, 5.41) is 0. The van der Waals surface area contributed by atoms with Crippen LogP contribution < -0.4 is 4.72 Å². The average molecular weight is 349 g/mol. The van der Waals surface area contributed by atoms with Gasteiger partial charge in [0, 0.05) is 11.3 Å². The number of furan rings is 1. The number of ether oxygens (including phenoxy) is 1. The predicted octanol–water partition coefficient (Wildman–Crippen LogP) is 2.33. The van der Waals surface area contributed by atoms with Crippen LogP contribution in [0.2, 0.25) is 0 Å². The highest BCUT2D eigenvalue weighted by Crippen LogP contribution is 2.14. The van der Waals surface area contributed by atoms with Gasteiger partial charge in [-0.1, -0.05) is 0 Å². The second-order valence-electron chi connectivity index (χ2n) is 4.84. The molecule has 0 amide bonds. The molecule has 1 aromatic heterocycles. The topological polar surface area (TPSA) is 103 Å². The van der Waals surface area contributed by atoms with E-state index in [2.05, 4.69) is 9.46 Å². The number of carbonyl (C=O) groups is 2. The van der Waals surface area contributed by atoms with Gasteiger partial charge in [0.05, 0.1) is 13.4 Å². The fourth-order valence-electron chi connectivity index (χ4n) is 1.82. The first-order chi connectivity index (χ1) is 11.3. The van der Waals surface area contributed by atoms with Gasteiger partial charge in [-0.05, 0) is 48.6 Å². The van der Waals surface area contributed by atoms with Crippen LogP contribution >= 0.6 is 0 Å². The lowest BCUT2D eigenvalue weighted by Gasteiger charge is -2.03. The molecule has 0 bridgehead atoms. The normalized spacial score (nSPS) is 11.4. The molecule has 0 aliphatic heterocycles. The molecular formula is C16H15NO6S. The van der Waals surface area contributed by atoms with Crippen LogP contribution in [-0.2, 0) is 14.8 Å². The Morgan fingerprint density at radius 2 is 1.79 bits per heavy atom. The number of nitrogens with one attached hydrogen (secondary N) is 1. The van der Waals surface area contributed by atoms with Crippen molar-refractivity contribution in [2.24, 2.45) is 0 Å². The molecule has 0 radical (unpaired) electrons. The molecule has 1 aromatic carbocycles. The van der Waals surface area contributed by atoms with Gasteiger partial charge in [0.2, 0.25) is 15.8 Å². The number of sulfonamides is 1. The number of ketones is 1. The van der Waals surface area contributed by atoms with Gasteiger partial charge in [-0.3, -0.25) is 9.52 Å². The Bertz CT molecular complexity index is 878. The van der Waals surface area contributed by atoms with Crippen molar-refractivity contribution < 1.29 is 27.2 Å². The second-order valence-corrected chi connectivity index (χ2v) is 6.59. The fraction of sp³-hybridized carbons (Fsp3) is 0.125. The molecule has 0 spiro atoms. The van der Waals surface area contributed by atoms with Gasteiger partial charge in [0.1, 0.15) is 5.76 Å². The molecule has 126 valence electrons. The number of benzene rings is 1. The molecule has 8 heteroatoms. The van der Waals surface area contributed by atoms with E-state index in [0.717, 1.165) is 6.26 Å². The maximum Gasteiger partial charge on any atom is 0.373 e. The van der Waals surface area contributed by atoms with E-state index in [1.165, 1.54) is 55.7 Å². The van der Waals surface area contributed by atoms with Crippen LogP contribution in [0.25, 0.3) is 6.08 Å². The van der Waals surface area contributed by atoms with E-state index in [1.807, 2.05) is 0 Å². The summed E-state index contributed by atoms with van der Waals surface area (Å²) in [6.45, 7) is 0. The Morgan fingerprint density at radius 3 is 2.38 bits per heavy atom. The SMILES string of the molecule is COC(=O)c1ccc(/C=C/C(=O)c2ccc(NS(C)(=O)=O)cc2)o1. The van der Waals surface area contributed by atoms with Gasteiger partial charge in [-0.15, -0.1) is 0 Å². The molecule has 0 atom stereocenters. The molecule has 0 fully saturated rings. The minimum atomic E-state index is -3.36. The molecular weight excluding hydrogens is 334 g/mol. The lowest BCUT2D eigenvalue weighted by Crippen LogP contribution is -2.09. The lowest BCUT2D eigenvalue weighted by atomic mass is 10.1. The Labute approximate surface area is 139 Å². The monoisotopic (exact) mass is 349 g/mol. The van der Waals surface area contributed by atoms with Crippen molar-refractivity contribution in [3.63, 3.8) is 0 Å². The van der Waals surface area contributed by atoms with Crippen molar-refractivity contribution >= 4 is 33.5 Å². The third kappa shape index (κ3) is 4.82. The summed E-state index contributed by atoms with van der Waals surface area (Å²) < 4.78 is 34.3. The third-order valence-corrected chi connectivity index (χ3v) is 3.49. The molecule has 0 aliphatic rings. The summed E-state index contributed by atoms with van der Waals surface area (Å²) in [5.41, 5.74) is 0.747. The Balaban J connectivity index is 2.06. The number of hydrogen-bond acceptors (Lipinski definition) is 6. The standard InChI is InChI=1S/C16H15NO6S/c1-22-16(19)15-10-8-13(23-15)7-9-14(18)11-3-5-12(6-4-11)17-24(2,20)21/h3-10,17H,1-2H3/b9-7+. The van der Waals surface area contributed by atoms with Gasteiger partial charge < -0.3 is 9.15 Å². The smallest absolute Gasteiger partial charge is 0.373 e. The number of anilines is 1. The number of hydrogen-bond donors (Lipinski definition) is 1. The van der Waals surface area contributed by atoms with Crippen LogP contribution in [0, 0.1) is 0 Å². The highest BCUT2D eigenvalue weighted by Gasteiger charge is 2.10.